The summed E-state index contributed by atoms with van der Waals surface area (Å²) in [5.41, 5.74) is -0.151. The number of benzene rings is 2. The highest BCUT2D eigenvalue weighted by atomic mass is 19.4. The van der Waals surface area contributed by atoms with Gasteiger partial charge in [0.1, 0.15) is 5.75 Å². The Morgan fingerprint density at radius 2 is 1.89 bits per heavy atom. The van der Waals surface area contributed by atoms with E-state index in [-0.39, 0.29) is 30.5 Å². The molecule has 1 amide bonds. The first-order chi connectivity index (χ1) is 13.4. The van der Waals surface area contributed by atoms with Crippen molar-refractivity contribution in [3.63, 3.8) is 0 Å². The molecule has 0 atom stereocenters. The van der Waals surface area contributed by atoms with Gasteiger partial charge in [0.15, 0.2) is 6.61 Å². The van der Waals surface area contributed by atoms with E-state index in [2.05, 4.69) is 4.98 Å². The number of oxazole rings is 1. The van der Waals surface area contributed by atoms with E-state index in [1.54, 1.807) is 12.1 Å². The Kier molecular flexibility index (Phi) is 4.54. The summed E-state index contributed by atoms with van der Waals surface area (Å²) in [5.74, 6) is 0.401. The molecule has 28 heavy (non-hydrogen) atoms. The van der Waals surface area contributed by atoms with Gasteiger partial charge in [0, 0.05) is 18.7 Å². The van der Waals surface area contributed by atoms with Gasteiger partial charge in [-0.15, -0.1) is 0 Å². The number of para-hydroxylation sites is 1. The fourth-order valence-electron chi connectivity index (χ4n) is 3.00. The van der Waals surface area contributed by atoms with Gasteiger partial charge in [0.25, 0.3) is 5.91 Å². The fraction of sp³-hybridized carbons (Fsp3) is 0.200. The maximum Gasteiger partial charge on any atom is 0.416 e. The molecule has 2 heterocycles. The van der Waals surface area contributed by atoms with Crippen molar-refractivity contribution in [1.29, 1.82) is 0 Å². The Labute approximate surface area is 158 Å². The zero-order valence-electron chi connectivity index (χ0n) is 14.6. The minimum Gasteiger partial charge on any atom is -0.484 e. The minimum atomic E-state index is -4.48. The van der Waals surface area contributed by atoms with E-state index in [1.165, 1.54) is 17.0 Å². The van der Waals surface area contributed by atoms with Crippen molar-refractivity contribution in [2.45, 2.75) is 19.2 Å². The molecule has 4 rings (SSSR count). The molecule has 2 aromatic carbocycles. The second-order valence-electron chi connectivity index (χ2n) is 6.24. The van der Waals surface area contributed by atoms with Crippen LogP contribution >= 0.6 is 0 Å². The molecule has 3 aromatic rings. The molecule has 0 unspecified atom stereocenters. The zero-order valence-corrected chi connectivity index (χ0v) is 14.6. The van der Waals surface area contributed by atoms with Crippen molar-refractivity contribution in [1.82, 2.24) is 4.98 Å². The van der Waals surface area contributed by atoms with Crippen molar-refractivity contribution in [3.05, 3.63) is 77.5 Å². The normalized spacial score (nSPS) is 14.1. The van der Waals surface area contributed by atoms with E-state index in [1.807, 2.05) is 18.2 Å². The molecule has 1 aromatic heterocycles. The summed E-state index contributed by atoms with van der Waals surface area (Å²) in [6.45, 7) is 0.270. The van der Waals surface area contributed by atoms with E-state index in [0.717, 1.165) is 12.1 Å². The number of rotatable bonds is 4. The quantitative estimate of drug-likeness (QED) is 0.662. The van der Waals surface area contributed by atoms with E-state index in [0.29, 0.717) is 17.9 Å². The van der Waals surface area contributed by atoms with Crippen LogP contribution < -0.4 is 9.64 Å². The maximum absolute atomic E-state index is 13.0. The van der Waals surface area contributed by atoms with Crippen molar-refractivity contribution in [3.8, 4) is 5.75 Å². The van der Waals surface area contributed by atoms with Crippen molar-refractivity contribution in [2.24, 2.45) is 0 Å². The highest BCUT2D eigenvalue weighted by Gasteiger charge is 2.34. The number of nitrogens with zero attached hydrogens (tertiary/aromatic N) is 2. The highest BCUT2D eigenvalue weighted by molar-refractivity contribution is 6.06. The van der Waals surface area contributed by atoms with Crippen LogP contribution in [0.4, 0.5) is 18.9 Å². The third kappa shape index (κ3) is 3.58. The molecule has 0 saturated heterocycles. The first-order valence-corrected chi connectivity index (χ1v) is 8.57. The molecule has 0 radical (unpaired) electrons. The number of carbonyl (C=O) groups is 1. The second-order valence-corrected chi connectivity index (χ2v) is 6.24. The number of carbonyl (C=O) groups excluding carboxylic acids is 1. The molecule has 5 nitrogen and oxygen atoms in total. The minimum absolute atomic E-state index is 0.0373. The SMILES string of the molecule is O=C1c2oc(COc3ccccc3)nc2CCN1c1cccc(C(F)(F)F)c1. The summed E-state index contributed by atoms with van der Waals surface area (Å²) in [6.07, 6.45) is -4.10. The lowest BCUT2D eigenvalue weighted by Crippen LogP contribution is -2.37. The van der Waals surface area contributed by atoms with Crippen LogP contribution in [0.25, 0.3) is 0 Å². The lowest BCUT2D eigenvalue weighted by atomic mass is 10.1. The number of fused-ring (bicyclic) bond motifs is 1. The van der Waals surface area contributed by atoms with E-state index in [4.69, 9.17) is 9.15 Å². The average molecular weight is 388 g/mol. The summed E-state index contributed by atoms with van der Waals surface area (Å²) in [5, 5.41) is 0. The number of ether oxygens (including phenoxy) is 1. The van der Waals surface area contributed by atoms with E-state index < -0.39 is 17.6 Å². The Morgan fingerprint density at radius 3 is 2.64 bits per heavy atom. The Balaban J connectivity index is 1.53. The Bertz CT molecular complexity index is 999. The van der Waals surface area contributed by atoms with Crippen LogP contribution in [0, 0.1) is 0 Å². The van der Waals surface area contributed by atoms with Crippen LogP contribution in [0.15, 0.2) is 59.0 Å². The lowest BCUT2D eigenvalue weighted by molar-refractivity contribution is -0.137. The average Bonchev–Trinajstić information content (AvgIpc) is 3.11. The first-order valence-electron chi connectivity index (χ1n) is 8.57. The smallest absolute Gasteiger partial charge is 0.416 e. The van der Waals surface area contributed by atoms with Gasteiger partial charge in [0.2, 0.25) is 11.7 Å². The van der Waals surface area contributed by atoms with Gasteiger partial charge in [-0.25, -0.2) is 4.98 Å². The number of halogens is 3. The van der Waals surface area contributed by atoms with Crippen molar-refractivity contribution in [2.75, 3.05) is 11.4 Å². The first kappa shape index (κ1) is 18.1. The lowest BCUT2D eigenvalue weighted by Gasteiger charge is -2.25. The van der Waals surface area contributed by atoms with Crippen LogP contribution in [-0.4, -0.2) is 17.4 Å². The standard InChI is InChI=1S/C20H15F3N2O3/c21-20(22,23)13-5-4-6-14(11-13)25-10-9-16-18(19(25)26)28-17(24-16)12-27-15-7-2-1-3-8-15/h1-8,11H,9-10,12H2. The third-order valence-electron chi connectivity index (χ3n) is 4.34. The van der Waals surface area contributed by atoms with Crippen LogP contribution in [-0.2, 0) is 19.2 Å². The van der Waals surface area contributed by atoms with E-state index >= 15 is 0 Å². The van der Waals surface area contributed by atoms with Gasteiger partial charge in [0.05, 0.1) is 11.3 Å². The predicted octanol–water partition coefficient (Wildman–Crippen LogP) is 4.48. The summed E-state index contributed by atoms with van der Waals surface area (Å²) < 4.78 is 50.0. The monoisotopic (exact) mass is 388 g/mol. The van der Waals surface area contributed by atoms with Gasteiger partial charge < -0.3 is 14.1 Å². The highest BCUT2D eigenvalue weighted by Crippen LogP contribution is 2.33. The zero-order chi connectivity index (χ0) is 19.7. The van der Waals surface area contributed by atoms with Gasteiger partial charge in [-0.1, -0.05) is 24.3 Å². The van der Waals surface area contributed by atoms with Crippen LogP contribution in [0.2, 0.25) is 0 Å². The number of amides is 1. The number of alkyl halides is 3. The summed E-state index contributed by atoms with van der Waals surface area (Å²) >= 11 is 0. The molecule has 0 saturated carbocycles. The molecule has 1 aliphatic heterocycles. The number of hydrogen-bond acceptors (Lipinski definition) is 4. The Morgan fingerprint density at radius 1 is 1.11 bits per heavy atom. The molecule has 0 fully saturated rings. The topological polar surface area (TPSA) is 55.6 Å². The van der Waals surface area contributed by atoms with Crippen LogP contribution in [0.3, 0.4) is 0 Å². The summed E-state index contributed by atoms with van der Waals surface area (Å²) in [4.78, 5) is 18.3. The molecule has 0 aliphatic carbocycles. The van der Waals surface area contributed by atoms with Crippen LogP contribution in [0.1, 0.15) is 27.7 Å². The van der Waals surface area contributed by atoms with Crippen LogP contribution in [0.5, 0.6) is 5.75 Å². The van der Waals surface area contributed by atoms with Crippen molar-refractivity contribution < 1.29 is 27.1 Å². The summed E-state index contributed by atoms with van der Waals surface area (Å²) in [7, 11) is 0. The molecule has 0 spiro atoms. The van der Waals surface area contributed by atoms with Crippen molar-refractivity contribution >= 4 is 11.6 Å². The third-order valence-corrected chi connectivity index (χ3v) is 4.34. The second kappa shape index (κ2) is 7.03. The molecule has 1 aliphatic rings. The van der Waals surface area contributed by atoms with E-state index in [9.17, 15) is 18.0 Å². The molecule has 0 N–H and O–H groups in total. The summed E-state index contributed by atoms with van der Waals surface area (Å²) in [6, 6.07) is 13.7. The number of aromatic nitrogens is 1. The molecule has 144 valence electrons. The maximum atomic E-state index is 13.0. The predicted molar refractivity (Wildman–Crippen MR) is 94.1 cm³/mol. The molecular formula is C20H15F3N2O3. The largest absolute Gasteiger partial charge is 0.484 e. The van der Waals surface area contributed by atoms with Gasteiger partial charge in [-0.3, -0.25) is 4.79 Å². The fourth-order valence-corrected chi connectivity index (χ4v) is 3.00. The molecule has 0 bridgehead atoms. The molecular weight excluding hydrogens is 373 g/mol. The number of hydrogen-bond donors (Lipinski definition) is 0. The molecule has 8 heteroatoms. The number of anilines is 1. The van der Waals surface area contributed by atoms with Gasteiger partial charge >= 0.3 is 6.18 Å². The van der Waals surface area contributed by atoms with Gasteiger partial charge in [-0.05, 0) is 30.3 Å². The Hall–Kier alpha value is -3.29. The van der Waals surface area contributed by atoms with Gasteiger partial charge in [-0.2, -0.15) is 13.2 Å².